The van der Waals surface area contributed by atoms with Gasteiger partial charge in [-0.05, 0) is 29.1 Å². The Bertz CT molecular complexity index is 560. The Morgan fingerprint density at radius 1 is 1.33 bits per heavy atom. The minimum Gasteiger partial charge on any atom is -0.492 e. The molecule has 2 aromatic rings. The largest absolute Gasteiger partial charge is 0.492 e. The molecule has 1 aliphatic heterocycles. The average Bonchev–Trinajstić information content (AvgIpc) is 2.97. The van der Waals surface area contributed by atoms with Crippen molar-refractivity contribution >= 4 is 22.9 Å². The summed E-state index contributed by atoms with van der Waals surface area (Å²) in [6.45, 7) is 5.16. The molecule has 0 bridgehead atoms. The van der Waals surface area contributed by atoms with E-state index in [9.17, 15) is 0 Å². The Labute approximate surface area is 116 Å². The van der Waals surface area contributed by atoms with Crippen molar-refractivity contribution in [1.82, 2.24) is 0 Å². The molecule has 0 N–H and O–H groups in total. The Morgan fingerprint density at radius 2 is 2.17 bits per heavy atom. The molecule has 2 heterocycles. The maximum atomic E-state index is 6.54. The molecule has 0 saturated heterocycles. The number of benzene rings is 1. The molecule has 0 saturated carbocycles. The van der Waals surface area contributed by atoms with Gasteiger partial charge in [-0.15, -0.1) is 22.9 Å². The first kappa shape index (κ1) is 12.1. The molecule has 1 aliphatic rings. The molecule has 18 heavy (non-hydrogen) atoms. The third-order valence-corrected chi connectivity index (χ3v) is 4.96. The lowest BCUT2D eigenvalue weighted by molar-refractivity contribution is 0.291. The average molecular weight is 279 g/mol. The van der Waals surface area contributed by atoms with E-state index in [0.29, 0.717) is 0 Å². The van der Waals surface area contributed by atoms with Crippen LogP contribution in [0.5, 0.6) is 5.75 Å². The third-order valence-electron chi connectivity index (χ3n) is 3.41. The van der Waals surface area contributed by atoms with E-state index < -0.39 is 0 Å². The van der Waals surface area contributed by atoms with Crippen molar-refractivity contribution in [1.29, 1.82) is 0 Å². The first-order valence-electron chi connectivity index (χ1n) is 6.03. The van der Waals surface area contributed by atoms with Gasteiger partial charge in [0.15, 0.2) is 0 Å². The van der Waals surface area contributed by atoms with Crippen molar-refractivity contribution in [2.75, 3.05) is 6.61 Å². The molecule has 0 radical (unpaired) electrons. The normalized spacial score (nSPS) is 18.2. The number of hydrogen-bond acceptors (Lipinski definition) is 2. The van der Waals surface area contributed by atoms with E-state index in [2.05, 4.69) is 37.4 Å². The number of halogens is 1. The molecular weight excluding hydrogens is 264 g/mol. The second kappa shape index (κ2) is 4.29. The molecule has 0 amide bonds. The smallest absolute Gasteiger partial charge is 0.123 e. The predicted molar refractivity (Wildman–Crippen MR) is 77.0 cm³/mol. The van der Waals surface area contributed by atoms with Crippen LogP contribution in [0.25, 0.3) is 0 Å². The highest BCUT2D eigenvalue weighted by atomic mass is 35.5. The van der Waals surface area contributed by atoms with Crippen molar-refractivity contribution in [2.24, 2.45) is 0 Å². The van der Waals surface area contributed by atoms with Gasteiger partial charge in [-0.2, -0.15) is 0 Å². The van der Waals surface area contributed by atoms with Gasteiger partial charge >= 0.3 is 0 Å². The second-order valence-corrected chi connectivity index (χ2v) is 6.72. The molecule has 1 atom stereocenters. The van der Waals surface area contributed by atoms with Gasteiger partial charge in [0.2, 0.25) is 0 Å². The number of rotatable bonds is 2. The Kier molecular flexibility index (Phi) is 2.87. The van der Waals surface area contributed by atoms with Gasteiger partial charge in [0, 0.05) is 15.9 Å². The molecule has 3 heteroatoms. The van der Waals surface area contributed by atoms with Crippen LogP contribution in [0, 0.1) is 0 Å². The van der Waals surface area contributed by atoms with Crippen molar-refractivity contribution in [3.63, 3.8) is 0 Å². The summed E-state index contributed by atoms with van der Waals surface area (Å²) in [6, 6.07) is 10.4. The topological polar surface area (TPSA) is 9.23 Å². The maximum absolute atomic E-state index is 6.54. The van der Waals surface area contributed by atoms with Gasteiger partial charge in [0.1, 0.15) is 5.75 Å². The zero-order valence-electron chi connectivity index (χ0n) is 10.4. The van der Waals surface area contributed by atoms with Gasteiger partial charge in [-0.3, -0.25) is 0 Å². The van der Waals surface area contributed by atoms with Gasteiger partial charge in [-0.25, -0.2) is 0 Å². The van der Waals surface area contributed by atoms with Crippen LogP contribution < -0.4 is 4.74 Å². The molecule has 0 fully saturated rings. The van der Waals surface area contributed by atoms with E-state index in [4.69, 9.17) is 16.3 Å². The van der Waals surface area contributed by atoms with Crippen LogP contribution in [-0.4, -0.2) is 6.61 Å². The van der Waals surface area contributed by atoms with Gasteiger partial charge in [-0.1, -0.05) is 26.0 Å². The van der Waals surface area contributed by atoms with Crippen LogP contribution >= 0.6 is 22.9 Å². The van der Waals surface area contributed by atoms with Gasteiger partial charge in [0.25, 0.3) is 0 Å². The fourth-order valence-electron chi connectivity index (χ4n) is 2.30. The molecule has 1 unspecified atom stereocenters. The van der Waals surface area contributed by atoms with Crippen LogP contribution in [0.1, 0.15) is 35.2 Å². The summed E-state index contributed by atoms with van der Waals surface area (Å²) in [6.07, 6.45) is 0. The zero-order valence-corrected chi connectivity index (χ0v) is 12.0. The fourth-order valence-corrected chi connectivity index (χ4v) is 3.39. The highest BCUT2D eigenvalue weighted by Gasteiger charge is 2.32. The summed E-state index contributed by atoms with van der Waals surface area (Å²) in [5.41, 5.74) is 2.50. The van der Waals surface area contributed by atoms with Crippen LogP contribution in [0.4, 0.5) is 0 Å². The molecular formula is C15H15ClOS. The van der Waals surface area contributed by atoms with E-state index in [1.807, 2.05) is 12.1 Å². The summed E-state index contributed by atoms with van der Waals surface area (Å²) in [7, 11) is 0. The van der Waals surface area contributed by atoms with E-state index in [-0.39, 0.29) is 10.8 Å². The summed E-state index contributed by atoms with van der Waals surface area (Å²) in [5, 5.41) is 2.00. The van der Waals surface area contributed by atoms with Crippen molar-refractivity contribution < 1.29 is 4.74 Å². The molecule has 0 spiro atoms. The monoisotopic (exact) mass is 278 g/mol. The van der Waals surface area contributed by atoms with E-state index >= 15 is 0 Å². The minimum absolute atomic E-state index is 0.0632. The van der Waals surface area contributed by atoms with Crippen LogP contribution in [-0.2, 0) is 5.41 Å². The molecule has 0 aliphatic carbocycles. The number of hydrogen-bond donors (Lipinski definition) is 0. The molecule has 1 aromatic carbocycles. The summed E-state index contributed by atoms with van der Waals surface area (Å²) >= 11 is 8.23. The Morgan fingerprint density at radius 3 is 2.89 bits per heavy atom. The zero-order chi connectivity index (χ0) is 12.8. The molecule has 1 aromatic heterocycles. The minimum atomic E-state index is -0.0632. The lowest BCUT2D eigenvalue weighted by Gasteiger charge is -2.17. The highest BCUT2D eigenvalue weighted by molar-refractivity contribution is 7.10. The first-order valence-corrected chi connectivity index (χ1v) is 7.34. The molecule has 1 nitrogen and oxygen atoms in total. The predicted octanol–water partition coefficient (Wildman–Crippen LogP) is 4.75. The summed E-state index contributed by atoms with van der Waals surface area (Å²) in [4.78, 5) is 1.19. The van der Waals surface area contributed by atoms with Gasteiger partial charge < -0.3 is 4.74 Å². The Balaban J connectivity index is 2.00. The maximum Gasteiger partial charge on any atom is 0.123 e. The SMILES string of the molecule is CC1(C)COc2ccc(C(Cl)c3cccs3)cc21. The van der Waals surface area contributed by atoms with Crippen molar-refractivity contribution in [3.8, 4) is 5.75 Å². The lowest BCUT2D eigenvalue weighted by atomic mass is 9.86. The quantitative estimate of drug-likeness (QED) is 0.721. The van der Waals surface area contributed by atoms with Crippen LogP contribution in [0.3, 0.4) is 0 Å². The van der Waals surface area contributed by atoms with Crippen LogP contribution in [0.2, 0.25) is 0 Å². The standard InChI is InChI=1S/C15H15ClOS/c1-15(2)9-17-12-6-5-10(8-11(12)15)14(16)13-4-3-7-18-13/h3-8,14H,9H2,1-2H3. The number of fused-ring (bicyclic) bond motifs is 1. The van der Waals surface area contributed by atoms with E-state index in [0.717, 1.165) is 17.9 Å². The molecule has 3 rings (SSSR count). The highest BCUT2D eigenvalue weighted by Crippen LogP contribution is 2.41. The second-order valence-electron chi connectivity index (χ2n) is 5.31. The Hall–Kier alpha value is -0.990. The number of ether oxygens (including phenoxy) is 1. The lowest BCUT2D eigenvalue weighted by Crippen LogP contribution is -2.18. The van der Waals surface area contributed by atoms with E-state index in [1.165, 1.54) is 10.4 Å². The van der Waals surface area contributed by atoms with Crippen molar-refractivity contribution in [3.05, 3.63) is 51.7 Å². The van der Waals surface area contributed by atoms with E-state index in [1.54, 1.807) is 11.3 Å². The molecule has 94 valence electrons. The fraction of sp³-hybridized carbons (Fsp3) is 0.333. The summed E-state index contributed by atoms with van der Waals surface area (Å²) < 4.78 is 5.70. The summed E-state index contributed by atoms with van der Waals surface area (Å²) in [5.74, 6) is 0.999. The van der Waals surface area contributed by atoms with Crippen LogP contribution in [0.15, 0.2) is 35.7 Å². The number of thiophene rings is 1. The number of alkyl halides is 1. The van der Waals surface area contributed by atoms with Crippen molar-refractivity contribution in [2.45, 2.75) is 24.6 Å². The first-order chi connectivity index (χ1) is 8.58. The third kappa shape index (κ3) is 1.94. The van der Waals surface area contributed by atoms with Gasteiger partial charge in [0.05, 0.1) is 12.0 Å².